The summed E-state index contributed by atoms with van der Waals surface area (Å²) in [5, 5.41) is 0. The average Bonchev–Trinajstić information content (AvgIpc) is 2.54. The van der Waals surface area contributed by atoms with Crippen LogP contribution in [-0.4, -0.2) is 13.2 Å². The van der Waals surface area contributed by atoms with Gasteiger partial charge in [0.25, 0.3) is 0 Å². The Balaban J connectivity index is 1.87. The summed E-state index contributed by atoms with van der Waals surface area (Å²) >= 11 is 0. The molecule has 1 heterocycles. The predicted molar refractivity (Wildman–Crippen MR) is 83.8 cm³/mol. The van der Waals surface area contributed by atoms with Crippen molar-refractivity contribution in [1.29, 1.82) is 0 Å². The molecule has 2 unspecified atom stereocenters. The topological polar surface area (TPSA) is 44.5 Å². The van der Waals surface area contributed by atoms with Gasteiger partial charge in [-0.05, 0) is 11.6 Å². The molecule has 0 bridgehead atoms. The molecule has 0 saturated carbocycles. The third kappa shape index (κ3) is 2.74. The number of hydrogen-bond acceptors (Lipinski definition) is 3. The minimum atomic E-state index is 0.0100. The SMILES string of the molecule is COc1ccc2c(c1)OC(C(C)c1ccccc1)C[C@H]2N. The molecule has 3 heteroatoms. The van der Waals surface area contributed by atoms with E-state index < -0.39 is 0 Å². The minimum Gasteiger partial charge on any atom is -0.497 e. The highest BCUT2D eigenvalue weighted by Crippen LogP contribution is 2.39. The molecule has 2 N–H and O–H groups in total. The zero-order valence-electron chi connectivity index (χ0n) is 12.5. The molecule has 2 aromatic carbocycles. The van der Waals surface area contributed by atoms with E-state index in [1.807, 2.05) is 24.3 Å². The maximum Gasteiger partial charge on any atom is 0.128 e. The van der Waals surface area contributed by atoms with Crippen LogP contribution >= 0.6 is 0 Å². The standard InChI is InChI=1S/C18H21NO2/c1-12(13-6-4-3-5-7-13)17-11-16(19)15-9-8-14(20-2)10-18(15)21-17/h3-10,12,16-17H,11,19H2,1-2H3/t12?,16-,17?/m1/s1. The number of fused-ring (bicyclic) bond motifs is 1. The average molecular weight is 283 g/mol. The second kappa shape index (κ2) is 5.78. The molecule has 0 aromatic heterocycles. The Morgan fingerprint density at radius 1 is 1.19 bits per heavy atom. The van der Waals surface area contributed by atoms with Crippen LogP contribution in [0.4, 0.5) is 0 Å². The van der Waals surface area contributed by atoms with Crippen molar-refractivity contribution in [2.45, 2.75) is 31.4 Å². The minimum absolute atomic E-state index is 0.0100. The fraction of sp³-hybridized carbons (Fsp3) is 0.333. The van der Waals surface area contributed by atoms with Crippen LogP contribution in [0.5, 0.6) is 11.5 Å². The van der Waals surface area contributed by atoms with Crippen molar-refractivity contribution in [3.8, 4) is 11.5 Å². The molecule has 1 aliphatic rings. The molecule has 3 nitrogen and oxygen atoms in total. The first-order valence-corrected chi connectivity index (χ1v) is 7.34. The molecule has 3 atom stereocenters. The van der Waals surface area contributed by atoms with Gasteiger partial charge in [0.05, 0.1) is 7.11 Å². The van der Waals surface area contributed by atoms with E-state index in [9.17, 15) is 0 Å². The lowest BCUT2D eigenvalue weighted by Crippen LogP contribution is -2.33. The van der Waals surface area contributed by atoms with Crippen LogP contribution in [0, 0.1) is 0 Å². The van der Waals surface area contributed by atoms with Gasteiger partial charge in [-0.3, -0.25) is 0 Å². The van der Waals surface area contributed by atoms with E-state index in [-0.39, 0.29) is 12.1 Å². The van der Waals surface area contributed by atoms with E-state index in [4.69, 9.17) is 15.2 Å². The molecule has 0 radical (unpaired) electrons. The molecule has 2 aromatic rings. The van der Waals surface area contributed by atoms with Crippen LogP contribution in [-0.2, 0) is 0 Å². The Kier molecular flexibility index (Phi) is 3.84. The van der Waals surface area contributed by atoms with Crippen molar-refractivity contribution in [3.63, 3.8) is 0 Å². The molecular weight excluding hydrogens is 262 g/mol. The zero-order chi connectivity index (χ0) is 14.8. The van der Waals surface area contributed by atoms with E-state index >= 15 is 0 Å². The van der Waals surface area contributed by atoms with Gasteiger partial charge in [-0.1, -0.05) is 43.3 Å². The van der Waals surface area contributed by atoms with Crippen molar-refractivity contribution < 1.29 is 9.47 Å². The van der Waals surface area contributed by atoms with Gasteiger partial charge in [0.15, 0.2) is 0 Å². The van der Waals surface area contributed by atoms with Crippen molar-refractivity contribution in [2.24, 2.45) is 5.73 Å². The second-order valence-corrected chi connectivity index (χ2v) is 5.60. The fourth-order valence-corrected chi connectivity index (χ4v) is 2.92. The first kappa shape index (κ1) is 14.0. The lowest BCUT2D eigenvalue weighted by molar-refractivity contribution is 0.136. The summed E-state index contributed by atoms with van der Waals surface area (Å²) in [7, 11) is 1.66. The van der Waals surface area contributed by atoms with Crippen LogP contribution in [0.25, 0.3) is 0 Å². The summed E-state index contributed by atoms with van der Waals surface area (Å²) in [4.78, 5) is 0. The third-order valence-electron chi connectivity index (χ3n) is 4.27. The largest absolute Gasteiger partial charge is 0.497 e. The lowest BCUT2D eigenvalue weighted by Gasteiger charge is -2.34. The lowest BCUT2D eigenvalue weighted by atomic mass is 9.87. The Morgan fingerprint density at radius 2 is 1.95 bits per heavy atom. The highest BCUT2D eigenvalue weighted by atomic mass is 16.5. The van der Waals surface area contributed by atoms with Crippen molar-refractivity contribution >= 4 is 0 Å². The quantitative estimate of drug-likeness (QED) is 0.935. The third-order valence-corrected chi connectivity index (χ3v) is 4.27. The van der Waals surface area contributed by atoms with Gasteiger partial charge in [0.2, 0.25) is 0 Å². The Bertz CT molecular complexity index is 612. The van der Waals surface area contributed by atoms with Gasteiger partial charge in [-0.2, -0.15) is 0 Å². The molecule has 0 spiro atoms. The Morgan fingerprint density at radius 3 is 2.67 bits per heavy atom. The van der Waals surface area contributed by atoms with Crippen molar-refractivity contribution in [3.05, 3.63) is 59.7 Å². The molecule has 0 saturated heterocycles. The number of benzene rings is 2. The van der Waals surface area contributed by atoms with Gasteiger partial charge in [0, 0.05) is 30.0 Å². The first-order valence-electron chi connectivity index (χ1n) is 7.34. The van der Waals surface area contributed by atoms with Crippen LogP contribution in [0.3, 0.4) is 0 Å². The fourth-order valence-electron chi connectivity index (χ4n) is 2.92. The summed E-state index contributed by atoms with van der Waals surface area (Å²) in [5.41, 5.74) is 8.66. The first-order chi connectivity index (χ1) is 10.2. The normalized spacial score (nSPS) is 22.0. The molecular formula is C18H21NO2. The molecule has 0 aliphatic carbocycles. The summed E-state index contributed by atoms with van der Waals surface area (Å²) < 4.78 is 11.5. The Labute approximate surface area is 125 Å². The van der Waals surface area contributed by atoms with Crippen LogP contribution in [0.2, 0.25) is 0 Å². The van der Waals surface area contributed by atoms with Crippen LogP contribution in [0.1, 0.15) is 36.4 Å². The van der Waals surface area contributed by atoms with Gasteiger partial charge in [-0.15, -0.1) is 0 Å². The van der Waals surface area contributed by atoms with E-state index in [2.05, 4.69) is 31.2 Å². The van der Waals surface area contributed by atoms with E-state index in [0.717, 1.165) is 23.5 Å². The summed E-state index contributed by atoms with van der Waals surface area (Å²) in [6.45, 7) is 2.19. The van der Waals surface area contributed by atoms with E-state index in [1.165, 1.54) is 5.56 Å². The molecule has 110 valence electrons. The number of ether oxygens (including phenoxy) is 2. The monoisotopic (exact) mass is 283 g/mol. The summed E-state index contributed by atoms with van der Waals surface area (Å²) in [5.74, 6) is 1.95. The maximum absolute atomic E-state index is 6.32. The zero-order valence-corrected chi connectivity index (χ0v) is 12.5. The smallest absolute Gasteiger partial charge is 0.128 e. The molecule has 0 fully saturated rings. The maximum atomic E-state index is 6.32. The van der Waals surface area contributed by atoms with Crippen LogP contribution in [0.15, 0.2) is 48.5 Å². The highest BCUT2D eigenvalue weighted by Gasteiger charge is 2.30. The molecule has 0 amide bonds. The number of rotatable bonds is 3. The molecule has 3 rings (SSSR count). The predicted octanol–water partition coefficient (Wildman–Crippen LogP) is 3.65. The summed E-state index contributed by atoms with van der Waals surface area (Å²) in [6.07, 6.45) is 0.914. The Hall–Kier alpha value is -2.00. The number of methoxy groups -OCH3 is 1. The second-order valence-electron chi connectivity index (χ2n) is 5.60. The molecule has 21 heavy (non-hydrogen) atoms. The van der Waals surface area contributed by atoms with Gasteiger partial charge in [-0.25, -0.2) is 0 Å². The van der Waals surface area contributed by atoms with E-state index in [0.29, 0.717) is 5.92 Å². The van der Waals surface area contributed by atoms with Gasteiger partial charge in [0.1, 0.15) is 17.6 Å². The van der Waals surface area contributed by atoms with Crippen molar-refractivity contribution in [2.75, 3.05) is 7.11 Å². The molecule has 1 aliphatic heterocycles. The van der Waals surface area contributed by atoms with Gasteiger partial charge >= 0.3 is 0 Å². The van der Waals surface area contributed by atoms with Crippen LogP contribution < -0.4 is 15.2 Å². The van der Waals surface area contributed by atoms with Gasteiger partial charge < -0.3 is 15.2 Å². The van der Waals surface area contributed by atoms with Crippen molar-refractivity contribution in [1.82, 2.24) is 0 Å². The number of nitrogens with two attached hydrogens (primary N) is 1. The number of hydrogen-bond donors (Lipinski definition) is 1. The highest BCUT2D eigenvalue weighted by molar-refractivity contribution is 5.44. The summed E-state index contributed by atoms with van der Waals surface area (Å²) in [6, 6.07) is 16.3. The van der Waals surface area contributed by atoms with E-state index in [1.54, 1.807) is 7.11 Å².